The molecule has 142 valence electrons. The Balaban J connectivity index is 1.95. The van der Waals surface area contributed by atoms with Crippen molar-refractivity contribution in [2.45, 2.75) is 71.1 Å². The van der Waals surface area contributed by atoms with Crippen LogP contribution >= 0.6 is 11.3 Å². The van der Waals surface area contributed by atoms with Gasteiger partial charge < -0.3 is 4.74 Å². The first-order chi connectivity index (χ1) is 12.3. The Hall–Kier alpha value is -1.76. The van der Waals surface area contributed by atoms with Crippen LogP contribution in [0.4, 0.5) is 14.8 Å². The number of hydrogen-bond donors (Lipinski definition) is 3. The second-order valence-corrected chi connectivity index (χ2v) is 7.08. The van der Waals surface area contributed by atoms with Gasteiger partial charge in [0.15, 0.2) is 0 Å². The summed E-state index contributed by atoms with van der Waals surface area (Å²) in [5.41, 5.74) is 5.03. The molecule has 0 spiro atoms. The van der Waals surface area contributed by atoms with Crippen molar-refractivity contribution in [3.63, 3.8) is 0 Å². The highest BCUT2D eigenvalue weighted by molar-refractivity contribution is 7.20. The molecule has 0 unspecified atom stereocenters. The molecule has 1 aromatic heterocycles. The number of ether oxygens (including phenoxy) is 1. The van der Waals surface area contributed by atoms with E-state index in [0.29, 0.717) is 18.0 Å². The summed E-state index contributed by atoms with van der Waals surface area (Å²) in [4.78, 5) is 21.9. The van der Waals surface area contributed by atoms with E-state index in [2.05, 4.69) is 23.1 Å². The molecule has 25 heavy (non-hydrogen) atoms. The van der Waals surface area contributed by atoms with Gasteiger partial charge >= 0.3 is 6.09 Å². The van der Waals surface area contributed by atoms with Gasteiger partial charge in [-0.1, -0.05) is 76.0 Å². The average Bonchev–Trinajstić information content (AvgIpc) is 3.05. The highest BCUT2D eigenvalue weighted by atomic mass is 32.1. The molecule has 7 heteroatoms. The summed E-state index contributed by atoms with van der Waals surface area (Å²) in [6.07, 6.45) is 12.7. The number of unbranched alkanes of at least 4 members (excludes halogenated alkanes) is 9. The lowest BCUT2D eigenvalue weighted by atomic mass is 10.1. The second kappa shape index (κ2) is 14.6. The second-order valence-electron chi connectivity index (χ2n) is 5.99. The molecule has 0 aromatic carbocycles. The van der Waals surface area contributed by atoms with Crippen LogP contribution in [0.3, 0.4) is 0 Å². The number of amides is 2. The van der Waals surface area contributed by atoms with Crippen LogP contribution in [0.5, 0.6) is 0 Å². The lowest BCUT2D eigenvalue weighted by Crippen LogP contribution is -2.17. The number of anilines is 2. The third-order valence-corrected chi connectivity index (χ3v) is 4.73. The molecule has 0 saturated carbocycles. The maximum Gasteiger partial charge on any atom is 0.412 e. The van der Waals surface area contributed by atoms with Crippen molar-refractivity contribution in [2.75, 3.05) is 17.3 Å². The van der Waals surface area contributed by atoms with Gasteiger partial charge in [-0.2, -0.15) is 0 Å². The van der Waals surface area contributed by atoms with Crippen molar-refractivity contribution in [1.29, 1.82) is 0 Å². The predicted molar refractivity (Wildman–Crippen MR) is 104 cm³/mol. The van der Waals surface area contributed by atoms with Crippen LogP contribution in [-0.2, 0) is 9.53 Å². The molecule has 0 aliphatic heterocycles. The number of hydrogen-bond acceptors (Lipinski definition) is 5. The van der Waals surface area contributed by atoms with Gasteiger partial charge in [0.05, 0.1) is 11.6 Å². The SMILES string of the molecule is CCCCCCCCCCCCOC(=O)Nc1ccc(NNC=O)s1. The summed E-state index contributed by atoms with van der Waals surface area (Å²) in [5, 5.41) is 4.08. The lowest BCUT2D eigenvalue weighted by molar-refractivity contribution is -0.109. The van der Waals surface area contributed by atoms with E-state index in [1.54, 1.807) is 12.1 Å². The fourth-order valence-corrected chi connectivity index (χ4v) is 3.22. The van der Waals surface area contributed by atoms with Gasteiger partial charge in [-0.05, 0) is 18.6 Å². The van der Waals surface area contributed by atoms with E-state index in [-0.39, 0.29) is 0 Å². The highest BCUT2D eigenvalue weighted by Gasteiger charge is 2.05. The minimum Gasteiger partial charge on any atom is -0.449 e. The van der Waals surface area contributed by atoms with Gasteiger partial charge in [-0.25, -0.2) is 4.79 Å². The van der Waals surface area contributed by atoms with Gasteiger partial charge in [0.2, 0.25) is 6.41 Å². The molecule has 0 fully saturated rings. The Morgan fingerprint density at radius 2 is 1.60 bits per heavy atom. The lowest BCUT2D eigenvalue weighted by Gasteiger charge is -2.05. The molecule has 0 bridgehead atoms. The fraction of sp³-hybridized carbons (Fsp3) is 0.667. The third kappa shape index (κ3) is 11.4. The molecule has 0 aliphatic rings. The van der Waals surface area contributed by atoms with Crippen LogP contribution in [-0.4, -0.2) is 19.1 Å². The van der Waals surface area contributed by atoms with Gasteiger partial charge in [-0.3, -0.25) is 21.0 Å². The zero-order valence-corrected chi connectivity index (χ0v) is 16.0. The van der Waals surface area contributed by atoms with E-state index in [9.17, 15) is 9.59 Å². The summed E-state index contributed by atoms with van der Waals surface area (Å²) in [7, 11) is 0. The zero-order valence-electron chi connectivity index (χ0n) is 15.1. The van der Waals surface area contributed by atoms with E-state index < -0.39 is 6.09 Å². The number of rotatable bonds is 15. The molecule has 3 N–H and O–H groups in total. The van der Waals surface area contributed by atoms with Crippen LogP contribution in [0.1, 0.15) is 71.1 Å². The van der Waals surface area contributed by atoms with Crippen molar-refractivity contribution in [2.24, 2.45) is 0 Å². The summed E-state index contributed by atoms with van der Waals surface area (Å²) >= 11 is 1.32. The van der Waals surface area contributed by atoms with Gasteiger partial charge in [-0.15, -0.1) is 0 Å². The van der Waals surface area contributed by atoms with E-state index in [1.165, 1.54) is 62.7 Å². The first kappa shape index (κ1) is 21.3. The van der Waals surface area contributed by atoms with Crippen LogP contribution in [0.15, 0.2) is 12.1 Å². The zero-order chi connectivity index (χ0) is 18.2. The fourth-order valence-electron chi connectivity index (χ4n) is 2.46. The Kier molecular flexibility index (Phi) is 12.4. The predicted octanol–water partition coefficient (Wildman–Crippen LogP) is 5.29. The molecular formula is C18H31N3O3S. The van der Waals surface area contributed by atoms with Crippen LogP contribution in [0.2, 0.25) is 0 Å². The summed E-state index contributed by atoms with van der Waals surface area (Å²) in [6.45, 7) is 2.69. The summed E-state index contributed by atoms with van der Waals surface area (Å²) < 4.78 is 5.17. The molecule has 6 nitrogen and oxygen atoms in total. The number of thiophene rings is 1. The molecule has 0 atom stereocenters. The molecule has 0 saturated heterocycles. The van der Waals surface area contributed by atoms with E-state index >= 15 is 0 Å². The monoisotopic (exact) mass is 369 g/mol. The Morgan fingerprint density at radius 3 is 2.24 bits per heavy atom. The minimum absolute atomic E-state index is 0.437. The molecule has 0 aliphatic carbocycles. The molecule has 1 rings (SSSR count). The van der Waals surface area contributed by atoms with E-state index in [4.69, 9.17) is 4.74 Å². The topological polar surface area (TPSA) is 79.5 Å². The maximum absolute atomic E-state index is 11.7. The summed E-state index contributed by atoms with van der Waals surface area (Å²) in [5.74, 6) is 0. The summed E-state index contributed by atoms with van der Waals surface area (Å²) in [6, 6.07) is 3.51. The smallest absolute Gasteiger partial charge is 0.412 e. The van der Waals surface area contributed by atoms with Crippen molar-refractivity contribution in [1.82, 2.24) is 5.43 Å². The first-order valence-corrected chi connectivity index (χ1v) is 10.1. The maximum atomic E-state index is 11.7. The van der Waals surface area contributed by atoms with Gasteiger partial charge in [0.25, 0.3) is 0 Å². The Bertz CT molecular complexity index is 480. The quantitative estimate of drug-likeness (QED) is 0.223. The third-order valence-electron chi connectivity index (χ3n) is 3.82. The number of carbonyl (C=O) groups excluding carboxylic acids is 2. The van der Waals surface area contributed by atoms with Crippen LogP contribution < -0.4 is 16.2 Å². The van der Waals surface area contributed by atoms with Gasteiger partial charge in [0.1, 0.15) is 5.00 Å². The van der Waals surface area contributed by atoms with Crippen LogP contribution in [0.25, 0.3) is 0 Å². The van der Waals surface area contributed by atoms with E-state index in [0.717, 1.165) is 17.8 Å². The van der Waals surface area contributed by atoms with Crippen molar-refractivity contribution in [3.05, 3.63) is 12.1 Å². The standard InChI is InChI=1S/C18H31N3O3S/c1-2-3-4-5-6-7-8-9-10-11-14-24-18(23)20-16-12-13-17(25-16)21-19-15-22/h12-13,15,21H,2-11,14H2,1H3,(H,19,22)(H,20,23). The molecule has 0 radical (unpaired) electrons. The Morgan fingerprint density at radius 1 is 1.00 bits per heavy atom. The average molecular weight is 370 g/mol. The molecule has 1 heterocycles. The Labute approximate surface area is 154 Å². The molecular weight excluding hydrogens is 338 g/mol. The van der Waals surface area contributed by atoms with Crippen LogP contribution in [0, 0.1) is 0 Å². The van der Waals surface area contributed by atoms with Crippen molar-refractivity contribution < 1.29 is 14.3 Å². The highest BCUT2D eigenvalue weighted by Crippen LogP contribution is 2.25. The largest absolute Gasteiger partial charge is 0.449 e. The minimum atomic E-state index is -0.437. The van der Waals surface area contributed by atoms with Gasteiger partial charge in [0, 0.05) is 0 Å². The van der Waals surface area contributed by atoms with Crippen molar-refractivity contribution in [3.8, 4) is 0 Å². The van der Waals surface area contributed by atoms with E-state index in [1.807, 2.05) is 0 Å². The normalized spacial score (nSPS) is 10.3. The molecule has 2 amide bonds. The number of nitrogens with one attached hydrogen (secondary N) is 3. The number of hydrazine groups is 1. The molecule has 1 aromatic rings. The first-order valence-electron chi connectivity index (χ1n) is 9.25. The van der Waals surface area contributed by atoms with Crippen molar-refractivity contribution >= 4 is 33.8 Å². The number of carbonyl (C=O) groups is 2.